The molecule has 0 aromatic heterocycles. The number of halogens is 1. The summed E-state index contributed by atoms with van der Waals surface area (Å²) in [6, 6.07) is 7.53. The number of carbonyl (C=O) groups is 1. The molecule has 4 nitrogen and oxygen atoms in total. The highest BCUT2D eigenvalue weighted by atomic mass is 35.5. The molecule has 1 fully saturated rings. The Hall–Kier alpha value is -0.910. The average molecular weight is 329 g/mol. The van der Waals surface area contributed by atoms with Crippen molar-refractivity contribution in [2.45, 2.75) is 12.5 Å². The van der Waals surface area contributed by atoms with Gasteiger partial charge in [0.05, 0.1) is 6.54 Å². The monoisotopic (exact) mass is 328 g/mol. The van der Waals surface area contributed by atoms with Gasteiger partial charge in [-0.3, -0.25) is 4.79 Å². The number of likely N-dealkylation sites (N-methyl/N-ethyl adjacent to an activating group) is 1. The zero-order valence-corrected chi connectivity index (χ0v) is 13.8. The van der Waals surface area contributed by atoms with Crippen molar-refractivity contribution >= 4 is 29.3 Å². The summed E-state index contributed by atoms with van der Waals surface area (Å²) in [6.07, 6.45) is 0.560. The fourth-order valence-electron chi connectivity index (χ4n) is 2.07. The van der Waals surface area contributed by atoms with E-state index < -0.39 is 0 Å². The fraction of sp³-hybridized carbons (Fsp3) is 0.533. The number of nitrogens with zero attached hydrogens (tertiary/aromatic N) is 1. The van der Waals surface area contributed by atoms with Crippen molar-refractivity contribution in [3.8, 4) is 5.75 Å². The van der Waals surface area contributed by atoms with Crippen LogP contribution in [0.1, 0.15) is 6.42 Å². The maximum Gasteiger partial charge on any atom is 0.224 e. The molecule has 116 valence electrons. The van der Waals surface area contributed by atoms with Crippen LogP contribution in [0, 0.1) is 0 Å². The normalized spacial score (nSPS) is 18.3. The van der Waals surface area contributed by atoms with Gasteiger partial charge in [0.15, 0.2) is 0 Å². The Morgan fingerprint density at radius 3 is 2.90 bits per heavy atom. The van der Waals surface area contributed by atoms with Crippen molar-refractivity contribution in [3.63, 3.8) is 0 Å². The first-order chi connectivity index (χ1) is 10.1. The minimum atomic E-state index is 0.162. The molecular weight excluding hydrogens is 308 g/mol. The first kappa shape index (κ1) is 16.5. The van der Waals surface area contributed by atoms with Crippen LogP contribution in [-0.4, -0.2) is 55.1 Å². The molecule has 6 heteroatoms. The molecule has 21 heavy (non-hydrogen) atoms. The van der Waals surface area contributed by atoms with Gasteiger partial charge in [0.1, 0.15) is 12.4 Å². The van der Waals surface area contributed by atoms with E-state index in [-0.39, 0.29) is 5.91 Å². The summed E-state index contributed by atoms with van der Waals surface area (Å²) in [7, 11) is 1.82. The minimum absolute atomic E-state index is 0.162. The van der Waals surface area contributed by atoms with Crippen LogP contribution in [0.25, 0.3) is 0 Å². The lowest BCUT2D eigenvalue weighted by Gasteiger charge is -2.25. The Labute approximate surface area is 135 Å². The molecule has 1 aromatic carbocycles. The topological polar surface area (TPSA) is 41.6 Å². The van der Waals surface area contributed by atoms with E-state index in [1.165, 1.54) is 0 Å². The summed E-state index contributed by atoms with van der Waals surface area (Å²) >= 11 is 7.72. The summed E-state index contributed by atoms with van der Waals surface area (Å²) in [5.74, 6) is 3.08. The van der Waals surface area contributed by atoms with Crippen LogP contribution in [0.2, 0.25) is 5.02 Å². The predicted molar refractivity (Wildman–Crippen MR) is 88.3 cm³/mol. The lowest BCUT2D eigenvalue weighted by molar-refractivity contribution is -0.130. The van der Waals surface area contributed by atoms with Crippen molar-refractivity contribution in [1.82, 2.24) is 10.2 Å². The highest BCUT2D eigenvalue weighted by Crippen LogP contribution is 2.15. The van der Waals surface area contributed by atoms with E-state index in [0.717, 1.165) is 23.8 Å². The highest BCUT2D eigenvalue weighted by molar-refractivity contribution is 7.99. The van der Waals surface area contributed by atoms with E-state index in [4.69, 9.17) is 16.3 Å². The molecule has 1 saturated heterocycles. The third kappa shape index (κ3) is 5.77. The number of amides is 1. The summed E-state index contributed by atoms with van der Waals surface area (Å²) in [4.78, 5) is 13.8. The van der Waals surface area contributed by atoms with E-state index in [1.807, 2.05) is 30.9 Å². The van der Waals surface area contributed by atoms with Crippen LogP contribution in [0.5, 0.6) is 5.75 Å². The third-order valence-electron chi connectivity index (χ3n) is 3.35. The Morgan fingerprint density at radius 2 is 2.24 bits per heavy atom. The van der Waals surface area contributed by atoms with Crippen LogP contribution in [0.15, 0.2) is 24.3 Å². The van der Waals surface area contributed by atoms with Crippen LogP contribution < -0.4 is 10.1 Å². The average Bonchev–Trinajstić information content (AvgIpc) is 2.50. The molecule has 1 atom stereocenters. The molecule has 1 amide bonds. The summed E-state index contributed by atoms with van der Waals surface area (Å²) in [5.41, 5.74) is 0. The largest absolute Gasteiger partial charge is 0.492 e. The first-order valence-electron chi connectivity index (χ1n) is 7.08. The molecule has 0 aliphatic carbocycles. The van der Waals surface area contributed by atoms with Crippen LogP contribution in [-0.2, 0) is 4.79 Å². The lowest BCUT2D eigenvalue weighted by atomic mass is 10.2. The Bertz CT molecular complexity index is 449. The highest BCUT2D eigenvalue weighted by Gasteiger charge is 2.18. The van der Waals surface area contributed by atoms with E-state index in [1.54, 1.807) is 17.0 Å². The maximum absolute atomic E-state index is 12.1. The van der Waals surface area contributed by atoms with E-state index >= 15 is 0 Å². The number of nitrogens with one attached hydrogen (secondary N) is 1. The molecule has 1 aliphatic rings. The van der Waals surface area contributed by atoms with Crippen LogP contribution in [0.3, 0.4) is 0 Å². The Balaban J connectivity index is 1.67. The van der Waals surface area contributed by atoms with Crippen molar-refractivity contribution in [3.05, 3.63) is 29.3 Å². The van der Waals surface area contributed by atoms with Gasteiger partial charge in [-0.05, 0) is 24.3 Å². The van der Waals surface area contributed by atoms with Gasteiger partial charge < -0.3 is 15.0 Å². The van der Waals surface area contributed by atoms with Crippen LogP contribution in [0.4, 0.5) is 0 Å². The lowest BCUT2D eigenvalue weighted by Crippen LogP contribution is -2.42. The molecule has 0 spiro atoms. The Kier molecular flexibility index (Phi) is 6.67. The molecule has 0 saturated carbocycles. The first-order valence-corrected chi connectivity index (χ1v) is 8.62. The zero-order valence-electron chi connectivity index (χ0n) is 12.2. The van der Waals surface area contributed by atoms with Gasteiger partial charge in [-0.15, -0.1) is 0 Å². The second kappa shape index (κ2) is 8.51. The van der Waals surface area contributed by atoms with Gasteiger partial charge in [0.2, 0.25) is 5.91 Å². The fourth-order valence-corrected chi connectivity index (χ4v) is 3.15. The number of carbonyl (C=O) groups excluding carboxylic acids is 1. The van der Waals surface area contributed by atoms with Crippen LogP contribution >= 0.6 is 23.4 Å². The number of ether oxygens (including phenoxy) is 1. The van der Waals surface area contributed by atoms with E-state index in [2.05, 4.69) is 5.32 Å². The summed E-state index contributed by atoms with van der Waals surface area (Å²) < 4.78 is 5.60. The zero-order chi connectivity index (χ0) is 15.1. The molecule has 0 bridgehead atoms. The second-order valence-corrected chi connectivity index (χ2v) is 6.63. The molecule has 1 aromatic rings. The quantitative estimate of drug-likeness (QED) is 0.870. The predicted octanol–water partition coefficient (Wildman–Crippen LogP) is 2.27. The number of hydrogen-bond acceptors (Lipinski definition) is 4. The van der Waals surface area contributed by atoms with Gasteiger partial charge in [-0.1, -0.05) is 11.6 Å². The number of rotatable bonds is 6. The summed E-state index contributed by atoms with van der Waals surface area (Å²) in [6.45, 7) is 2.06. The van der Waals surface area contributed by atoms with E-state index in [0.29, 0.717) is 30.6 Å². The van der Waals surface area contributed by atoms with Crippen molar-refractivity contribution in [2.24, 2.45) is 0 Å². The summed E-state index contributed by atoms with van der Waals surface area (Å²) in [5, 5.41) is 4.07. The van der Waals surface area contributed by atoms with Crippen molar-refractivity contribution < 1.29 is 9.53 Å². The maximum atomic E-state index is 12.1. The standard InChI is InChI=1S/C15H21ClN2O2S/c1-18(15(19)10-13-11-21-9-6-17-13)7-8-20-14-4-2-12(16)3-5-14/h2-5,13,17H,6-11H2,1H3. The number of benzene rings is 1. The third-order valence-corrected chi connectivity index (χ3v) is 4.74. The smallest absolute Gasteiger partial charge is 0.224 e. The van der Waals surface area contributed by atoms with E-state index in [9.17, 15) is 4.79 Å². The Morgan fingerprint density at radius 1 is 1.48 bits per heavy atom. The van der Waals surface area contributed by atoms with Gasteiger partial charge in [0, 0.05) is 42.6 Å². The minimum Gasteiger partial charge on any atom is -0.492 e. The van der Waals surface area contributed by atoms with Gasteiger partial charge in [-0.25, -0.2) is 0 Å². The SMILES string of the molecule is CN(CCOc1ccc(Cl)cc1)C(=O)CC1CSCCN1. The van der Waals surface area contributed by atoms with Gasteiger partial charge in [-0.2, -0.15) is 11.8 Å². The molecule has 1 heterocycles. The molecular formula is C15H21ClN2O2S. The molecule has 1 unspecified atom stereocenters. The molecule has 2 rings (SSSR count). The van der Waals surface area contributed by atoms with Gasteiger partial charge in [0.25, 0.3) is 0 Å². The number of thioether (sulfide) groups is 1. The second-order valence-electron chi connectivity index (χ2n) is 5.05. The van der Waals surface area contributed by atoms with Crippen molar-refractivity contribution in [2.75, 3.05) is 38.2 Å². The molecule has 1 aliphatic heterocycles. The number of hydrogen-bond donors (Lipinski definition) is 1. The van der Waals surface area contributed by atoms with Crippen molar-refractivity contribution in [1.29, 1.82) is 0 Å². The molecule has 0 radical (unpaired) electrons. The van der Waals surface area contributed by atoms with Gasteiger partial charge >= 0.3 is 0 Å². The molecule has 1 N–H and O–H groups in total.